The number of carbonyl (C=O) groups is 1. The molecule has 0 bridgehead atoms. The Morgan fingerprint density at radius 2 is 1.76 bits per heavy atom. The lowest BCUT2D eigenvalue weighted by Crippen LogP contribution is -2.06. The largest absolute Gasteiger partial charge is 0.465 e. The summed E-state index contributed by atoms with van der Waals surface area (Å²) in [5.41, 5.74) is 3.22. The Labute approximate surface area is 126 Å². The van der Waals surface area contributed by atoms with Crippen LogP contribution in [0.1, 0.15) is 33.6 Å². The highest BCUT2D eigenvalue weighted by Crippen LogP contribution is 2.05. The molecule has 4 heteroatoms. The highest BCUT2D eigenvalue weighted by molar-refractivity contribution is 5.82. The van der Waals surface area contributed by atoms with Crippen molar-refractivity contribution >= 4 is 11.8 Å². The zero-order valence-electron chi connectivity index (χ0n) is 13.0. The SMILES string of the molecule is CC(C)=CCCC(C)=CCO.O=C(O)Nc1ccccc1. The van der Waals surface area contributed by atoms with Crippen LogP contribution in [-0.2, 0) is 0 Å². The Morgan fingerprint density at radius 3 is 2.24 bits per heavy atom. The molecule has 0 atom stereocenters. The molecule has 1 rings (SSSR count). The van der Waals surface area contributed by atoms with Crippen LogP contribution in [0.25, 0.3) is 0 Å². The summed E-state index contributed by atoms with van der Waals surface area (Å²) in [5.74, 6) is 0. The molecule has 3 N–H and O–H groups in total. The molecule has 1 aromatic carbocycles. The van der Waals surface area contributed by atoms with Crippen molar-refractivity contribution in [3.63, 3.8) is 0 Å². The molecule has 1 amide bonds. The maximum Gasteiger partial charge on any atom is 0.409 e. The summed E-state index contributed by atoms with van der Waals surface area (Å²) in [6, 6.07) is 8.74. The van der Waals surface area contributed by atoms with Gasteiger partial charge in [-0.15, -0.1) is 0 Å². The van der Waals surface area contributed by atoms with Crippen LogP contribution in [-0.4, -0.2) is 22.9 Å². The average Bonchev–Trinajstić information content (AvgIpc) is 2.39. The van der Waals surface area contributed by atoms with Gasteiger partial charge in [0.1, 0.15) is 0 Å². The van der Waals surface area contributed by atoms with Crippen molar-refractivity contribution in [1.82, 2.24) is 0 Å². The second kappa shape index (κ2) is 11.7. The van der Waals surface area contributed by atoms with E-state index in [9.17, 15) is 4.79 Å². The molecule has 1 aromatic rings. The first-order valence-electron chi connectivity index (χ1n) is 6.90. The van der Waals surface area contributed by atoms with E-state index in [1.165, 1.54) is 11.1 Å². The summed E-state index contributed by atoms with van der Waals surface area (Å²) in [4.78, 5) is 10.1. The van der Waals surface area contributed by atoms with Gasteiger partial charge in [0.2, 0.25) is 0 Å². The molecule has 0 radical (unpaired) electrons. The van der Waals surface area contributed by atoms with E-state index in [1.54, 1.807) is 24.3 Å². The summed E-state index contributed by atoms with van der Waals surface area (Å²) >= 11 is 0. The maximum atomic E-state index is 10.1. The molecule has 0 heterocycles. The maximum absolute atomic E-state index is 10.1. The van der Waals surface area contributed by atoms with Crippen LogP contribution in [0.2, 0.25) is 0 Å². The van der Waals surface area contributed by atoms with Crippen LogP contribution in [0.5, 0.6) is 0 Å². The Kier molecular flexibility index (Phi) is 10.6. The average molecular weight is 291 g/mol. The van der Waals surface area contributed by atoms with Gasteiger partial charge in [0.15, 0.2) is 0 Å². The zero-order chi connectivity index (χ0) is 16.1. The minimum Gasteiger partial charge on any atom is -0.465 e. The van der Waals surface area contributed by atoms with Crippen LogP contribution in [0.15, 0.2) is 53.6 Å². The summed E-state index contributed by atoms with van der Waals surface area (Å²) in [7, 11) is 0. The zero-order valence-corrected chi connectivity index (χ0v) is 13.0. The van der Waals surface area contributed by atoms with E-state index in [-0.39, 0.29) is 6.61 Å². The van der Waals surface area contributed by atoms with E-state index in [4.69, 9.17) is 10.2 Å². The van der Waals surface area contributed by atoms with E-state index in [1.807, 2.05) is 12.1 Å². The topological polar surface area (TPSA) is 69.6 Å². The van der Waals surface area contributed by atoms with Gasteiger partial charge in [0.25, 0.3) is 0 Å². The minimum absolute atomic E-state index is 0.167. The van der Waals surface area contributed by atoms with E-state index >= 15 is 0 Å². The van der Waals surface area contributed by atoms with Crippen molar-refractivity contribution in [2.45, 2.75) is 33.6 Å². The van der Waals surface area contributed by atoms with Crippen molar-refractivity contribution in [3.8, 4) is 0 Å². The molecule has 0 unspecified atom stereocenters. The number of rotatable bonds is 5. The fraction of sp³-hybridized carbons (Fsp3) is 0.353. The van der Waals surface area contributed by atoms with E-state index < -0.39 is 6.09 Å². The molecule has 116 valence electrons. The Hall–Kier alpha value is -2.07. The molecular formula is C17H25NO3. The first-order valence-corrected chi connectivity index (χ1v) is 6.90. The predicted octanol–water partition coefficient (Wildman–Crippen LogP) is 4.45. The van der Waals surface area contributed by atoms with Gasteiger partial charge >= 0.3 is 6.09 Å². The highest BCUT2D eigenvalue weighted by Gasteiger charge is 1.93. The number of carboxylic acid groups (broad SMARTS) is 1. The molecule has 21 heavy (non-hydrogen) atoms. The smallest absolute Gasteiger partial charge is 0.409 e. The summed E-state index contributed by atoms with van der Waals surface area (Å²) in [6.45, 7) is 6.42. The highest BCUT2D eigenvalue weighted by atomic mass is 16.4. The number of aliphatic hydroxyl groups excluding tert-OH is 1. The summed E-state index contributed by atoms with van der Waals surface area (Å²) in [6.07, 6.45) is 5.19. The number of para-hydroxylation sites is 1. The molecule has 4 nitrogen and oxygen atoms in total. The predicted molar refractivity (Wildman–Crippen MR) is 87.6 cm³/mol. The molecule has 0 fully saturated rings. The monoisotopic (exact) mass is 291 g/mol. The van der Waals surface area contributed by atoms with Crippen molar-refractivity contribution in [2.75, 3.05) is 11.9 Å². The van der Waals surface area contributed by atoms with Gasteiger partial charge in [-0.25, -0.2) is 4.79 Å². The van der Waals surface area contributed by atoms with Gasteiger partial charge in [0.05, 0.1) is 6.61 Å². The first kappa shape index (κ1) is 18.9. The third-order valence-electron chi connectivity index (χ3n) is 2.56. The van der Waals surface area contributed by atoms with Crippen LogP contribution >= 0.6 is 0 Å². The second-order valence-electron chi connectivity index (χ2n) is 4.85. The van der Waals surface area contributed by atoms with Gasteiger partial charge in [-0.05, 0) is 45.7 Å². The minimum atomic E-state index is -1.04. The number of benzene rings is 1. The van der Waals surface area contributed by atoms with Gasteiger partial charge in [-0.2, -0.15) is 0 Å². The third-order valence-corrected chi connectivity index (χ3v) is 2.56. The number of amides is 1. The molecule has 0 aliphatic heterocycles. The van der Waals surface area contributed by atoms with Crippen molar-refractivity contribution in [2.24, 2.45) is 0 Å². The van der Waals surface area contributed by atoms with Crippen molar-refractivity contribution in [1.29, 1.82) is 0 Å². The lowest BCUT2D eigenvalue weighted by molar-refractivity contribution is 0.210. The molecule has 0 saturated heterocycles. The van der Waals surface area contributed by atoms with Gasteiger partial charge in [-0.3, -0.25) is 5.32 Å². The first-order chi connectivity index (χ1) is 9.95. The van der Waals surface area contributed by atoms with Gasteiger partial charge in [0, 0.05) is 5.69 Å². The second-order valence-corrected chi connectivity index (χ2v) is 4.85. The summed E-state index contributed by atoms with van der Waals surface area (Å²) in [5, 5.41) is 19.0. The Morgan fingerprint density at radius 1 is 1.14 bits per heavy atom. The van der Waals surface area contributed by atoms with E-state index in [0.29, 0.717) is 5.69 Å². The molecule has 0 saturated carbocycles. The van der Waals surface area contributed by atoms with Crippen LogP contribution in [0.4, 0.5) is 10.5 Å². The number of allylic oxidation sites excluding steroid dienone is 3. The Bertz CT molecular complexity index is 460. The van der Waals surface area contributed by atoms with Crippen LogP contribution in [0.3, 0.4) is 0 Å². The van der Waals surface area contributed by atoms with Crippen molar-refractivity contribution < 1.29 is 15.0 Å². The fourth-order valence-corrected chi connectivity index (χ4v) is 1.49. The van der Waals surface area contributed by atoms with Gasteiger partial charge in [-0.1, -0.05) is 41.5 Å². The molecule has 0 aromatic heterocycles. The normalized spacial score (nSPS) is 10.2. The third kappa shape index (κ3) is 12.7. The standard InChI is InChI=1S/C10H18O.C7H7NO2/c1-9(2)5-4-6-10(3)7-8-11;9-7(10)8-6-4-2-1-3-5-6/h5,7,11H,4,6,8H2,1-3H3;1-5,8H,(H,9,10). The Balaban J connectivity index is 0.000000382. The number of anilines is 1. The molecule has 0 spiro atoms. The number of aliphatic hydroxyl groups is 1. The molecular weight excluding hydrogens is 266 g/mol. The van der Waals surface area contributed by atoms with Crippen molar-refractivity contribution in [3.05, 3.63) is 53.6 Å². The summed E-state index contributed by atoms with van der Waals surface area (Å²) < 4.78 is 0. The van der Waals surface area contributed by atoms with Crippen LogP contribution in [0, 0.1) is 0 Å². The molecule has 0 aliphatic rings. The lowest BCUT2D eigenvalue weighted by Gasteiger charge is -1.96. The van der Waals surface area contributed by atoms with Crippen LogP contribution < -0.4 is 5.32 Å². The van der Waals surface area contributed by atoms with E-state index in [2.05, 4.69) is 32.2 Å². The van der Waals surface area contributed by atoms with Gasteiger partial charge < -0.3 is 10.2 Å². The number of nitrogens with one attached hydrogen (secondary N) is 1. The fourth-order valence-electron chi connectivity index (χ4n) is 1.49. The van der Waals surface area contributed by atoms with E-state index in [0.717, 1.165) is 12.8 Å². The lowest BCUT2D eigenvalue weighted by atomic mass is 10.1. The quantitative estimate of drug-likeness (QED) is 0.702. The molecule has 0 aliphatic carbocycles. The number of hydrogen-bond donors (Lipinski definition) is 3. The number of hydrogen-bond acceptors (Lipinski definition) is 2.